The maximum absolute atomic E-state index is 13.4. The van der Waals surface area contributed by atoms with Crippen molar-refractivity contribution >= 4 is 46.9 Å². The van der Waals surface area contributed by atoms with Gasteiger partial charge >= 0.3 is 12.1 Å². The molecule has 0 N–H and O–H groups in total. The third kappa shape index (κ3) is 6.27. The van der Waals surface area contributed by atoms with Gasteiger partial charge in [-0.1, -0.05) is 19.4 Å². The highest BCUT2D eigenvalue weighted by Gasteiger charge is 2.34. The predicted octanol–water partition coefficient (Wildman–Crippen LogP) is 6.41. The second-order valence-electron chi connectivity index (χ2n) is 12.2. The molecule has 7 rings (SSSR count). The zero-order valence-electron chi connectivity index (χ0n) is 26.5. The van der Waals surface area contributed by atoms with Crippen molar-refractivity contribution in [1.29, 1.82) is 0 Å². The number of benzene rings is 1. The second kappa shape index (κ2) is 14.0. The Morgan fingerprint density at radius 3 is 2.49 bits per heavy atom. The van der Waals surface area contributed by atoms with Gasteiger partial charge in [0.25, 0.3) is 5.56 Å². The summed E-state index contributed by atoms with van der Waals surface area (Å²) < 4.78 is 12.9. The zero-order chi connectivity index (χ0) is 31.0. The highest BCUT2D eigenvalue weighted by atomic mass is 127. The van der Waals surface area contributed by atoms with Crippen molar-refractivity contribution in [2.75, 3.05) is 26.2 Å². The van der Waals surface area contributed by atoms with Crippen molar-refractivity contribution < 1.29 is 19.1 Å². The summed E-state index contributed by atoms with van der Waals surface area (Å²) in [4.78, 5) is 48.1. The van der Waals surface area contributed by atoms with Crippen LogP contribution in [0.3, 0.4) is 0 Å². The fourth-order valence-corrected chi connectivity index (χ4v) is 7.21. The number of ether oxygens (including phenoxy) is 2. The molecule has 4 aliphatic heterocycles. The number of piperidine rings is 2. The SMILES string of the molecule is C=CC.CCc1c2c(nc3ccc(OC(=O)N4CCC(N5CCCCC5)CC4)cc13)-c1cc3c(c(=O)n1C2)COC(=O)C3C.I. The molecule has 0 spiro atoms. The number of allylic oxidation sites excluding steroid dienone is 1. The van der Waals surface area contributed by atoms with Crippen molar-refractivity contribution in [1.82, 2.24) is 19.4 Å². The lowest BCUT2D eigenvalue weighted by Crippen LogP contribution is -2.48. The van der Waals surface area contributed by atoms with Crippen LogP contribution in [-0.4, -0.2) is 63.6 Å². The van der Waals surface area contributed by atoms with E-state index in [2.05, 4.69) is 18.4 Å². The number of aryl methyl sites for hydroxylation is 1. The maximum Gasteiger partial charge on any atom is 0.415 e. The second-order valence-corrected chi connectivity index (χ2v) is 12.2. The number of pyridine rings is 2. The Bertz CT molecular complexity index is 1670. The Labute approximate surface area is 281 Å². The largest absolute Gasteiger partial charge is 0.460 e. The van der Waals surface area contributed by atoms with Crippen molar-refractivity contribution in [2.24, 2.45) is 0 Å². The Morgan fingerprint density at radius 2 is 1.80 bits per heavy atom. The van der Waals surface area contributed by atoms with E-state index in [1.807, 2.05) is 30.0 Å². The van der Waals surface area contributed by atoms with Gasteiger partial charge in [0.15, 0.2) is 0 Å². The van der Waals surface area contributed by atoms with Crippen molar-refractivity contribution in [3.05, 3.63) is 69.5 Å². The molecule has 6 heterocycles. The first-order valence-corrected chi connectivity index (χ1v) is 16.0. The van der Waals surface area contributed by atoms with Crippen LogP contribution in [0.4, 0.5) is 4.79 Å². The molecule has 0 saturated carbocycles. The Balaban J connectivity index is 0.000000963. The van der Waals surface area contributed by atoms with Crippen LogP contribution in [0.15, 0.2) is 41.7 Å². The first kappa shape index (κ1) is 33.1. The summed E-state index contributed by atoms with van der Waals surface area (Å²) in [6, 6.07) is 8.10. The van der Waals surface area contributed by atoms with E-state index in [9.17, 15) is 14.4 Å². The summed E-state index contributed by atoms with van der Waals surface area (Å²) in [5, 5.41) is 0.929. The van der Waals surface area contributed by atoms with E-state index < -0.39 is 5.92 Å². The summed E-state index contributed by atoms with van der Waals surface area (Å²) in [7, 11) is 0. The number of fused-ring (bicyclic) bond motifs is 5. The third-order valence-corrected chi connectivity index (χ3v) is 9.54. The average molecular weight is 727 g/mol. The van der Waals surface area contributed by atoms with E-state index in [0.717, 1.165) is 71.3 Å². The number of esters is 1. The molecule has 10 heteroatoms. The van der Waals surface area contributed by atoms with Gasteiger partial charge in [-0.25, -0.2) is 9.78 Å². The topological polar surface area (TPSA) is 94.0 Å². The number of aromatic nitrogens is 2. The van der Waals surface area contributed by atoms with Gasteiger partial charge in [-0.15, -0.1) is 30.6 Å². The van der Waals surface area contributed by atoms with E-state index in [-0.39, 0.29) is 48.2 Å². The lowest BCUT2D eigenvalue weighted by molar-refractivity contribution is -0.147. The molecule has 1 unspecified atom stereocenters. The molecule has 0 radical (unpaired) electrons. The third-order valence-electron chi connectivity index (χ3n) is 9.54. The number of carbonyl (C=O) groups is 2. The Hall–Kier alpha value is -3.25. The van der Waals surface area contributed by atoms with Gasteiger partial charge in [-0.2, -0.15) is 0 Å². The molecule has 0 bridgehead atoms. The van der Waals surface area contributed by atoms with E-state index in [4.69, 9.17) is 14.5 Å². The molecule has 9 nitrogen and oxygen atoms in total. The monoisotopic (exact) mass is 726 g/mol. The molecular formula is C35H43IN4O5. The van der Waals surface area contributed by atoms with E-state index >= 15 is 0 Å². The van der Waals surface area contributed by atoms with E-state index in [1.54, 1.807) is 23.6 Å². The molecule has 1 aromatic carbocycles. The highest BCUT2D eigenvalue weighted by Crippen LogP contribution is 2.39. The van der Waals surface area contributed by atoms with Gasteiger partial charge in [0.1, 0.15) is 12.4 Å². The Morgan fingerprint density at radius 1 is 1.09 bits per heavy atom. The lowest BCUT2D eigenvalue weighted by Gasteiger charge is -2.39. The summed E-state index contributed by atoms with van der Waals surface area (Å²) >= 11 is 0. The van der Waals surface area contributed by atoms with Gasteiger partial charge in [0.05, 0.1) is 34.9 Å². The van der Waals surface area contributed by atoms with Crippen molar-refractivity contribution in [3.63, 3.8) is 0 Å². The number of likely N-dealkylation sites (tertiary alicyclic amines) is 2. The van der Waals surface area contributed by atoms with Crippen molar-refractivity contribution in [2.45, 2.75) is 84.4 Å². The van der Waals surface area contributed by atoms with Gasteiger partial charge in [-0.05, 0) is 94.4 Å². The molecule has 1 atom stereocenters. The number of amides is 1. The molecule has 2 aromatic heterocycles. The number of cyclic esters (lactones) is 1. The quantitative estimate of drug-likeness (QED) is 0.137. The molecule has 2 saturated heterocycles. The van der Waals surface area contributed by atoms with Crippen LogP contribution in [-0.2, 0) is 29.1 Å². The number of halogens is 1. The average Bonchev–Trinajstić information content (AvgIpc) is 3.41. The summed E-state index contributed by atoms with van der Waals surface area (Å²) in [6.07, 6.45) is 8.06. The molecule has 4 aliphatic rings. The number of nitrogens with zero attached hydrogens (tertiary/aromatic N) is 4. The lowest BCUT2D eigenvalue weighted by atomic mass is 9.93. The molecule has 45 heavy (non-hydrogen) atoms. The molecule has 0 aliphatic carbocycles. The van der Waals surface area contributed by atoms with Crippen molar-refractivity contribution in [3.8, 4) is 17.1 Å². The number of hydrogen-bond donors (Lipinski definition) is 0. The van der Waals surface area contributed by atoms with Gasteiger partial charge in [0, 0.05) is 30.1 Å². The fraction of sp³-hybridized carbons (Fsp3) is 0.486. The smallest absolute Gasteiger partial charge is 0.415 e. The van der Waals surface area contributed by atoms with Crippen LogP contribution in [0, 0.1) is 0 Å². The van der Waals surface area contributed by atoms with E-state index in [0.29, 0.717) is 23.9 Å². The van der Waals surface area contributed by atoms with Crippen LogP contribution in [0.5, 0.6) is 5.75 Å². The highest BCUT2D eigenvalue weighted by molar-refractivity contribution is 14.0. The molecular weight excluding hydrogens is 683 g/mol. The minimum absolute atomic E-state index is 0. The van der Waals surface area contributed by atoms with Gasteiger partial charge in [-0.3, -0.25) is 9.59 Å². The first-order valence-electron chi connectivity index (χ1n) is 16.0. The first-order chi connectivity index (χ1) is 21.3. The van der Waals surface area contributed by atoms with E-state index in [1.165, 1.54) is 32.4 Å². The number of hydrogen-bond acceptors (Lipinski definition) is 7. The zero-order valence-corrected chi connectivity index (χ0v) is 28.8. The van der Waals surface area contributed by atoms with Crippen LogP contribution in [0.25, 0.3) is 22.3 Å². The molecule has 3 aromatic rings. The molecule has 1 amide bonds. The normalized spacial score (nSPS) is 19.3. The molecule has 240 valence electrons. The van der Waals surface area contributed by atoms with Crippen LogP contribution >= 0.6 is 24.0 Å². The number of carbonyl (C=O) groups excluding carboxylic acids is 2. The minimum Gasteiger partial charge on any atom is -0.460 e. The van der Waals surface area contributed by atoms with Crippen LogP contribution < -0.4 is 10.3 Å². The summed E-state index contributed by atoms with van der Waals surface area (Å²) in [5.41, 5.74) is 5.55. The summed E-state index contributed by atoms with van der Waals surface area (Å²) in [6.45, 7) is 13.3. The Kier molecular flexibility index (Phi) is 10.3. The molecule has 2 fully saturated rings. The van der Waals surface area contributed by atoms with Gasteiger partial charge in [0.2, 0.25) is 0 Å². The maximum atomic E-state index is 13.4. The predicted molar refractivity (Wildman–Crippen MR) is 185 cm³/mol. The summed E-state index contributed by atoms with van der Waals surface area (Å²) in [5.74, 6) is -0.292. The number of rotatable bonds is 3. The van der Waals surface area contributed by atoms with Crippen LogP contribution in [0.2, 0.25) is 0 Å². The van der Waals surface area contributed by atoms with Crippen LogP contribution in [0.1, 0.15) is 81.0 Å². The minimum atomic E-state index is -0.486. The fourth-order valence-electron chi connectivity index (χ4n) is 7.21. The van der Waals surface area contributed by atoms with Gasteiger partial charge < -0.3 is 23.8 Å². The standard InChI is InChI=1S/C32H36N4O5.C3H6.HI/c1-3-22-24-15-21(41-32(39)35-13-9-20(10-14-35)34-11-5-4-6-12-34)7-8-27(24)33-29-25(22)17-36-28(29)16-23-19(2)31(38)40-18-26(23)30(36)37;1-3-2;/h7-8,15-16,19-20H,3-6,9-14,17-18H2,1-2H3;3H,1H2,2H3;1H.